The van der Waals surface area contributed by atoms with E-state index < -0.39 is 11.7 Å². The SMILES string of the molecule is Cc1ccc(C(=O)Nc2cc(Cl)c(C)cc2Br)c(F)c1. The Labute approximate surface area is 130 Å². The van der Waals surface area contributed by atoms with Gasteiger partial charge in [-0.3, -0.25) is 4.79 Å². The summed E-state index contributed by atoms with van der Waals surface area (Å²) in [5.74, 6) is -1.06. The van der Waals surface area contributed by atoms with E-state index in [0.717, 1.165) is 11.1 Å². The molecule has 20 heavy (non-hydrogen) atoms. The molecule has 0 saturated carbocycles. The summed E-state index contributed by atoms with van der Waals surface area (Å²) in [4.78, 5) is 12.1. The van der Waals surface area contributed by atoms with Crippen LogP contribution in [0.4, 0.5) is 10.1 Å². The van der Waals surface area contributed by atoms with Crippen LogP contribution >= 0.6 is 27.5 Å². The van der Waals surface area contributed by atoms with Gasteiger partial charge in [0.05, 0.1) is 11.3 Å². The molecule has 1 amide bonds. The Bertz CT molecular complexity index is 688. The summed E-state index contributed by atoms with van der Waals surface area (Å²) >= 11 is 9.37. The molecule has 0 fully saturated rings. The van der Waals surface area contributed by atoms with E-state index in [9.17, 15) is 9.18 Å². The standard InChI is InChI=1S/C15H12BrClFNO/c1-8-3-4-10(13(18)5-8)15(20)19-14-7-12(17)9(2)6-11(14)16/h3-7H,1-2H3,(H,19,20). The highest BCUT2D eigenvalue weighted by molar-refractivity contribution is 9.10. The van der Waals surface area contributed by atoms with E-state index >= 15 is 0 Å². The predicted molar refractivity (Wildman–Crippen MR) is 83.0 cm³/mol. The van der Waals surface area contributed by atoms with Crippen LogP contribution in [-0.2, 0) is 0 Å². The Morgan fingerprint density at radius 2 is 1.95 bits per heavy atom. The summed E-state index contributed by atoms with van der Waals surface area (Å²) in [5.41, 5.74) is 2.15. The lowest BCUT2D eigenvalue weighted by Gasteiger charge is -2.10. The van der Waals surface area contributed by atoms with Crippen LogP contribution in [-0.4, -0.2) is 5.91 Å². The zero-order valence-corrected chi connectivity index (χ0v) is 13.3. The third-order valence-corrected chi connectivity index (χ3v) is 3.93. The van der Waals surface area contributed by atoms with E-state index in [1.54, 1.807) is 25.1 Å². The molecular weight excluding hydrogens is 345 g/mol. The second kappa shape index (κ2) is 5.94. The molecule has 0 saturated heterocycles. The second-order valence-corrected chi connectivity index (χ2v) is 5.78. The largest absolute Gasteiger partial charge is 0.321 e. The van der Waals surface area contributed by atoms with Crippen molar-refractivity contribution in [1.29, 1.82) is 0 Å². The minimum Gasteiger partial charge on any atom is -0.321 e. The van der Waals surface area contributed by atoms with E-state index in [1.165, 1.54) is 12.1 Å². The normalized spacial score (nSPS) is 10.4. The zero-order chi connectivity index (χ0) is 14.9. The minimum atomic E-state index is -0.545. The molecule has 2 aromatic carbocycles. The van der Waals surface area contributed by atoms with Crippen LogP contribution in [0.25, 0.3) is 0 Å². The number of nitrogens with one attached hydrogen (secondary N) is 1. The van der Waals surface area contributed by atoms with Crippen molar-refractivity contribution in [1.82, 2.24) is 0 Å². The Balaban J connectivity index is 2.30. The van der Waals surface area contributed by atoms with Crippen molar-refractivity contribution in [2.75, 3.05) is 5.32 Å². The molecule has 0 spiro atoms. The lowest BCUT2D eigenvalue weighted by Crippen LogP contribution is -2.14. The number of carbonyl (C=O) groups is 1. The fraction of sp³-hybridized carbons (Fsp3) is 0.133. The Kier molecular flexibility index (Phi) is 4.45. The average molecular weight is 357 g/mol. The molecule has 2 aromatic rings. The van der Waals surface area contributed by atoms with Gasteiger partial charge in [-0.25, -0.2) is 4.39 Å². The first-order valence-corrected chi connectivity index (χ1v) is 7.08. The Morgan fingerprint density at radius 3 is 2.60 bits per heavy atom. The van der Waals surface area contributed by atoms with Crippen molar-refractivity contribution in [3.8, 4) is 0 Å². The summed E-state index contributed by atoms with van der Waals surface area (Å²) < 4.78 is 14.4. The van der Waals surface area contributed by atoms with Crippen LogP contribution in [0.3, 0.4) is 0 Å². The molecule has 2 rings (SSSR count). The van der Waals surface area contributed by atoms with Gasteiger partial charge in [-0.05, 0) is 65.2 Å². The summed E-state index contributed by atoms with van der Waals surface area (Å²) in [5, 5.41) is 3.18. The molecule has 0 unspecified atom stereocenters. The van der Waals surface area contributed by atoms with E-state index in [0.29, 0.717) is 15.2 Å². The highest BCUT2D eigenvalue weighted by Crippen LogP contribution is 2.29. The number of aryl methyl sites for hydroxylation is 2. The van der Waals surface area contributed by atoms with E-state index in [2.05, 4.69) is 21.2 Å². The third-order valence-electron chi connectivity index (χ3n) is 2.87. The first kappa shape index (κ1) is 15.0. The van der Waals surface area contributed by atoms with Crippen LogP contribution in [0, 0.1) is 19.7 Å². The van der Waals surface area contributed by atoms with Crippen molar-refractivity contribution < 1.29 is 9.18 Å². The summed E-state index contributed by atoms with van der Waals surface area (Å²) in [7, 11) is 0. The van der Waals surface area contributed by atoms with Gasteiger partial charge in [-0.15, -0.1) is 0 Å². The molecule has 0 bridgehead atoms. The van der Waals surface area contributed by atoms with Crippen molar-refractivity contribution in [3.05, 3.63) is 62.3 Å². The van der Waals surface area contributed by atoms with Gasteiger partial charge >= 0.3 is 0 Å². The van der Waals surface area contributed by atoms with E-state index in [4.69, 9.17) is 11.6 Å². The number of hydrogen-bond donors (Lipinski definition) is 1. The lowest BCUT2D eigenvalue weighted by molar-refractivity contribution is 0.102. The molecular formula is C15H12BrClFNO. The van der Waals surface area contributed by atoms with Crippen LogP contribution < -0.4 is 5.32 Å². The molecule has 2 nitrogen and oxygen atoms in total. The van der Waals surface area contributed by atoms with E-state index in [-0.39, 0.29) is 5.56 Å². The van der Waals surface area contributed by atoms with Crippen LogP contribution in [0.5, 0.6) is 0 Å². The van der Waals surface area contributed by atoms with Crippen LogP contribution in [0.1, 0.15) is 21.5 Å². The summed E-state index contributed by atoms with van der Waals surface area (Å²) in [6.07, 6.45) is 0. The maximum atomic E-state index is 13.7. The number of hydrogen-bond acceptors (Lipinski definition) is 1. The van der Waals surface area contributed by atoms with Crippen molar-refractivity contribution in [2.45, 2.75) is 13.8 Å². The first-order valence-electron chi connectivity index (χ1n) is 5.91. The van der Waals surface area contributed by atoms with Gasteiger partial charge in [0, 0.05) is 9.50 Å². The number of anilines is 1. The average Bonchev–Trinajstić information content (AvgIpc) is 2.35. The molecule has 104 valence electrons. The predicted octanol–water partition coefficient (Wildman–Crippen LogP) is 5.11. The molecule has 0 aromatic heterocycles. The number of carbonyl (C=O) groups excluding carboxylic acids is 1. The maximum Gasteiger partial charge on any atom is 0.258 e. The zero-order valence-electron chi connectivity index (χ0n) is 10.9. The highest BCUT2D eigenvalue weighted by atomic mass is 79.9. The second-order valence-electron chi connectivity index (χ2n) is 4.52. The number of halogens is 3. The summed E-state index contributed by atoms with van der Waals surface area (Å²) in [6.45, 7) is 3.62. The quantitative estimate of drug-likeness (QED) is 0.796. The molecule has 0 atom stereocenters. The highest BCUT2D eigenvalue weighted by Gasteiger charge is 2.14. The lowest BCUT2D eigenvalue weighted by atomic mass is 10.1. The maximum absolute atomic E-state index is 13.7. The van der Waals surface area contributed by atoms with Gasteiger partial charge < -0.3 is 5.32 Å². The van der Waals surface area contributed by atoms with Gasteiger partial charge in [-0.1, -0.05) is 17.7 Å². The number of rotatable bonds is 2. The fourth-order valence-electron chi connectivity index (χ4n) is 1.74. The molecule has 1 N–H and O–H groups in total. The smallest absolute Gasteiger partial charge is 0.258 e. The topological polar surface area (TPSA) is 29.1 Å². The minimum absolute atomic E-state index is 0.000743. The van der Waals surface area contributed by atoms with Crippen molar-refractivity contribution >= 4 is 39.1 Å². The monoisotopic (exact) mass is 355 g/mol. The van der Waals surface area contributed by atoms with Crippen LogP contribution in [0.2, 0.25) is 5.02 Å². The molecule has 0 aliphatic heterocycles. The molecule has 0 radical (unpaired) electrons. The molecule has 5 heteroatoms. The molecule has 0 aliphatic rings. The van der Waals surface area contributed by atoms with Crippen LogP contribution in [0.15, 0.2) is 34.8 Å². The van der Waals surface area contributed by atoms with Crippen molar-refractivity contribution in [3.63, 3.8) is 0 Å². The van der Waals surface area contributed by atoms with Gasteiger partial charge in [0.15, 0.2) is 0 Å². The third kappa shape index (κ3) is 3.19. The van der Waals surface area contributed by atoms with Crippen molar-refractivity contribution in [2.24, 2.45) is 0 Å². The Morgan fingerprint density at radius 1 is 1.25 bits per heavy atom. The first-order chi connectivity index (χ1) is 9.38. The molecule has 0 heterocycles. The van der Waals surface area contributed by atoms with Gasteiger partial charge in [0.2, 0.25) is 0 Å². The fourth-order valence-corrected chi connectivity index (χ4v) is 2.46. The number of benzene rings is 2. The number of amides is 1. The van der Waals surface area contributed by atoms with Gasteiger partial charge in [-0.2, -0.15) is 0 Å². The van der Waals surface area contributed by atoms with Gasteiger partial charge in [0.1, 0.15) is 5.82 Å². The van der Waals surface area contributed by atoms with Gasteiger partial charge in [0.25, 0.3) is 5.91 Å². The molecule has 0 aliphatic carbocycles. The van der Waals surface area contributed by atoms with E-state index in [1.807, 2.05) is 6.92 Å². The Hall–Kier alpha value is -1.39. The summed E-state index contributed by atoms with van der Waals surface area (Å²) in [6, 6.07) is 7.90.